The van der Waals surface area contributed by atoms with Crippen LogP contribution in [0.25, 0.3) is 11.0 Å². The summed E-state index contributed by atoms with van der Waals surface area (Å²) in [7, 11) is 1.60. The Kier molecular flexibility index (Phi) is 4.70. The van der Waals surface area contributed by atoms with E-state index in [1.807, 2.05) is 30.3 Å². The zero-order valence-corrected chi connectivity index (χ0v) is 14.1. The highest BCUT2D eigenvalue weighted by molar-refractivity contribution is 6.39. The zero-order valence-electron chi connectivity index (χ0n) is 12.6. The molecular weight excluding hydrogens is 349 g/mol. The Labute approximate surface area is 148 Å². The molecule has 0 aliphatic rings. The van der Waals surface area contributed by atoms with E-state index in [1.165, 1.54) is 0 Å². The lowest BCUT2D eigenvalue weighted by Gasteiger charge is -2.09. The third-order valence-corrected chi connectivity index (χ3v) is 3.94. The van der Waals surface area contributed by atoms with Gasteiger partial charge in [-0.25, -0.2) is 9.97 Å². The number of halogens is 2. The van der Waals surface area contributed by atoms with Crippen LogP contribution in [0.15, 0.2) is 36.4 Å². The molecule has 3 rings (SSSR count). The molecule has 5 nitrogen and oxygen atoms in total. The monoisotopic (exact) mass is 359 g/mol. The van der Waals surface area contributed by atoms with E-state index in [0.29, 0.717) is 21.1 Å². The summed E-state index contributed by atoms with van der Waals surface area (Å²) in [5, 5.41) is 10.0. The number of benzene rings is 2. The van der Waals surface area contributed by atoms with Crippen LogP contribution in [0.5, 0.6) is 11.6 Å². The topological polar surface area (TPSA) is 68.0 Å². The second kappa shape index (κ2) is 6.91. The minimum absolute atomic E-state index is 0.0557. The molecule has 1 heterocycles. The van der Waals surface area contributed by atoms with Crippen LogP contribution in [0.3, 0.4) is 0 Å². The highest BCUT2D eigenvalue weighted by atomic mass is 35.5. The van der Waals surface area contributed by atoms with Crippen molar-refractivity contribution in [2.75, 3.05) is 7.11 Å². The first-order chi connectivity index (χ1) is 11.6. The molecule has 0 amide bonds. The standard InChI is InChI=1S/C17H11Cl2N3O2/c1-23-11-4-2-10(3-5-11)9-24-17-14(8-20)21-15-12(18)6-7-13(19)16(15)22-17/h2-7H,9H2,1H3. The van der Waals surface area contributed by atoms with Crippen molar-refractivity contribution in [3.63, 3.8) is 0 Å². The van der Waals surface area contributed by atoms with Crippen LogP contribution in [0.4, 0.5) is 0 Å². The first-order valence-electron chi connectivity index (χ1n) is 6.94. The number of ether oxygens (including phenoxy) is 2. The van der Waals surface area contributed by atoms with Crippen LogP contribution in [0.1, 0.15) is 11.3 Å². The molecule has 0 saturated heterocycles. The Morgan fingerprint density at radius 3 is 2.21 bits per heavy atom. The van der Waals surface area contributed by atoms with Gasteiger partial charge in [0, 0.05) is 0 Å². The Hall–Kier alpha value is -2.55. The quantitative estimate of drug-likeness (QED) is 0.690. The molecule has 0 unspecified atom stereocenters. The van der Waals surface area contributed by atoms with Crippen molar-refractivity contribution >= 4 is 34.2 Å². The molecule has 0 atom stereocenters. The minimum Gasteiger partial charge on any atom is -0.497 e. The summed E-state index contributed by atoms with van der Waals surface area (Å²) in [4.78, 5) is 8.52. The number of aromatic nitrogens is 2. The summed E-state index contributed by atoms with van der Waals surface area (Å²) in [6.07, 6.45) is 0. The predicted molar refractivity (Wildman–Crippen MR) is 91.6 cm³/mol. The van der Waals surface area contributed by atoms with Crippen LogP contribution < -0.4 is 9.47 Å². The molecule has 0 aliphatic heterocycles. The van der Waals surface area contributed by atoms with Crippen LogP contribution in [0, 0.1) is 11.3 Å². The van der Waals surface area contributed by atoms with Crippen molar-refractivity contribution in [1.29, 1.82) is 5.26 Å². The highest BCUT2D eigenvalue weighted by Gasteiger charge is 2.14. The van der Waals surface area contributed by atoms with Crippen molar-refractivity contribution in [2.45, 2.75) is 6.61 Å². The molecule has 1 aromatic heterocycles. The molecule has 3 aromatic rings. The maximum absolute atomic E-state index is 9.28. The largest absolute Gasteiger partial charge is 0.497 e. The third-order valence-electron chi connectivity index (χ3n) is 3.33. The molecule has 24 heavy (non-hydrogen) atoms. The molecule has 120 valence electrons. The first-order valence-corrected chi connectivity index (χ1v) is 7.69. The number of methoxy groups -OCH3 is 1. The van der Waals surface area contributed by atoms with Crippen LogP contribution in [-0.2, 0) is 6.61 Å². The Morgan fingerprint density at radius 1 is 1.00 bits per heavy atom. The summed E-state index contributed by atoms with van der Waals surface area (Å²) < 4.78 is 10.8. The van der Waals surface area contributed by atoms with Crippen molar-refractivity contribution in [2.24, 2.45) is 0 Å². The summed E-state index contributed by atoms with van der Waals surface area (Å²) in [5.74, 6) is 0.869. The number of nitrogens with zero attached hydrogens (tertiary/aromatic N) is 3. The summed E-state index contributed by atoms with van der Waals surface area (Å²) in [6, 6.07) is 12.6. The van der Waals surface area contributed by atoms with Gasteiger partial charge in [-0.15, -0.1) is 0 Å². The minimum atomic E-state index is 0.0557. The van der Waals surface area contributed by atoms with E-state index in [4.69, 9.17) is 32.7 Å². The fourth-order valence-electron chi connectivity index (χ4n) is 2.10. The van der Waals surface area contributed by atoms with Gasteiger partial charge in [0.05, 0.1) is 17.2 Å². The van der Waals surface area contributed by atoms with Crippen LogP contribution >= 0.6 is 23.2 Å². The Bertz CT molecular complexity index is 937. The third kappa shape index (κ3) is 3.21. The molecule has 0 saturated carbocycles. The smallest absolute Gasteiger partial charge is 0.252 e. The molecule has 0 aliphatic carbocycles. The zero-order chi connectivity index (χ0) is 17.1. The number of fused-ring (bicyclic) bond motifs is 1. The summed E-state index contributed by atoms with van der Waals surface area (Å²) in [6.45, 7) is 0.233. The van der Waals surface area contributed by atoms with Gasteiger partial charge in [-0.3, -0.25) is 0 Å². The maximum atomic E-state index is 9.28. The average Bonchev–Trinajstić information content (AvgIpc) is 2.63. The van der Waals surface area contributed by atoms with Crippen molar-refractivity contribution in [3.05, 3.63) is 57.7 Å². The molecule has 0 bridgehead atoms. The van der Waals surface area contributed by atoms with Crippen molar-refractivity contribution in [3.8, 4) is 17.7 Å². The fraction of sp³-hybridized carbons (Fsp3) is 0.118. The van der Waals surface area contributed by atoms with E-state index in [9.17, 15) is 5.26 Å². The van der Waals surface area contributed by atoms with E-state index in [2.05, 4.69) is 9.97 Å². The molecule has 0 N–H and O–H groups in total. The number of hydrogen-bond acceptors (Lipinski definition) is 5. The van der Waals surface area contributed by atoms with Gasteiger partial charge in [-0.1, -0.05) is 35.3 Å². The van der Waals surface area contributed by atoms with Crippen LogP contribution in [-0.4, -0.2) is 17.1 Å². The first kappa shape index (κ1) is 16.3. The van der Waals surface area contributed by atoms with Gasteiger partial charge in [0.25, 0.3) is 5.88 Å². The number of hydrogen-bond donors (Lipinski definition) is 0. The van der Waals surface area contributed by atoms with Gasteiger partial charge in [-0.05, 0) is 29.8 Å². The van der Waals surface area contributed by atoms with E-state index >= 15 is 0 Å². The van der Waals surface area contributed by atoms with Gasteiger partial charge in [-0.2, -0.15) is 5.26 Å². The van der Waals surface area contributed by atoms with Gasteiger partial charge < -0.3 is 9.47 Å². The van der Waals surface area contributed by atoms with E-state index in [1.54, 1.807) is 19.2 Å². The average molecular weight is 360 g/mol. The lowest BCUT2D eigenvalue weighted by atomic mass is 10.2. The summed E-state index contributed by atoms with van der Waals surface area (Å²) >= 11 is 12.2. The molecule has 7 heteroatoms. The number of nitriles is 1. The molecule has 2 aromatic carbocycles. The second-order valence-corrected chi connectivity index (χ2v) is 5.67. The SMILES string of the molecule is COc1ccc(COc2nc3c(Cl)ccc(Cl)c3nc2C#N)cc1. The Morgan fingerprint density at radius 2 is 1.62 bits per heavy atom. The second-order valence-electron chi connectivity index (χ2n) is 4.85. The van der Waals surface area contributed by atoms with E-state index < -0.39 is 0 Å². The highest BCUT2D eigenvalue weighted by Crippen LogP contribution is 2.30. The van der Waals surface area contributed by atoms with Gasteiger partial charge in [0.1, 0.15) is 29.5 Å². The Balaban J connectivity index is 1.93. The lowest BCUT2D eigenvalue weighted by molar-refractivity contribution is 0.292. The van der Waals surface area contributed by atoms with Gasteiger partial charge in [0.2, 0.25) is 5.69 Å². The van der Waals surface area contributed by atoms with Crippen LogP contribution in [0.2, 0.25) is 10.0 Å². The fourth-order valence-corrected chi connectivity index (χ4v) is 2.49. The molecular formula is C17H11Cl2N3O2. The lowest BCUT2D eigenvalue weighted by Crippen LogP contribution is -2.02. The number of rotatable bonds is 4. The van der Waals surface area contributed by atoms with Gasteiger partial charge >= 0.3 is 0 Å². The molecule has 0 radical (unpaired) electrons. The van der Waals surface area contributed by atoms with Crippen molar-refractivity contribution < 1.29 is 9.47 Å². The molecule has 0 spiro atoms. The normalized spacial score (nSPS) is 10.4. The van der Waals surface area contributed by atoms with E-state index in [-0.39, 0.29) is 18.2 Å². The van der Waals surface area contributed by atoms with Crippen molar-refractivity contribution in [1.82, 2.24) is 9.97 Å². The predicted octanol–water partition coefficient (Wildman–Crippen LogP) is 4.40. The van der Waals surface area contributed by atoms with Gasteiger partial charge in [0.15, 0.2) is 0 Å². The molecule has 0 fully saturated rings. The maximum Gasteiger partial charge on any atom is 0.252 e. The summed E-state index contributed by atoms with van der Waals surface area (Å²) in [5.41, 5.74) is 1.73. The van der Waals surface area contributed by atoms with E-state index in [0.717, 1.165) is 11.3 Å².